The van der Waals surface area contributed by atoms with Crippen molar-refractivity contribution in [2.24, 2.45) is 0 Å². The first-order valence-corrected chi connectivity index (χ1v) is 6.62. The van der Waals surface area contributed by atoms with Gasteiger partial charge in [-0.05, 0) is 50.6 Å². The van der Waals surface area contributed by atoms with Crippen LogP contribution in [0.3, 0.4) is 0 Å². The first kappa shape index (κ1) is 12.5. The summed E-state index contributed by atoms with van der Waals surface area (Å²) >= 11 is 0. The lowest BCUT2D eigenvalue weighted by atomic mass is 10.2. The number of nitrogens with one attached hydrogen (secondary N) is 1. The van der Waals surface area contributed by atoms with E-state index < -0.39 is 0 Å². The van der Waals surface area contributed by atoms with Crippen molar-refractivity contribution < 1.29 is 0 Å². The molecule has 2 rings (SSSR count). The van der Waals surface area contributed by atoms with Crippen LogP contribution in [0.5, 0.6) is 0 Å². The van der Waals surface area contributed by atoms with Crippen molar-refractivity contribution in [1.29, 1.82) is 0 Å². The number of aromatic nitrogens is 1. The minimum Gasteiger partial charge on any atom is -0.314 e. The minimum atomic E-state index is 0.727. The van der Waals surface area contributed by atoms with E-state index in [1.54, 1.807) is 0 Å². The van der Waals surface area contributed by atoms with Gasteiger partial charge in [-0.1, -0.05) is 6.92 Å². The molecule has 1 aliphatic carbocycles. The summed E-state index contributed by atoms with van der Waals surface area (Å²) in [5.74, 6) is 0. The standard InChI is InChI=1S/C14H23N3/c1-3-16-13-4-5-14(10-13)17(2)11-12-6-8-15-9-7-12/h6-9,13-14,16H,3-5,10-11H2,1-2H3. The van der Waals surface area contributed by atoms with Crippen LogP contribution in [0.25, 0.3) is 0 Å². The lowest BCUT2D eigenvalue weighted by Crippen LogP contribution is -2.32. The van der Waals surface area contributed by atoms with Gasteiger partial charge in [0.1, 0.15) is 0 Å². The molecule has 1 aromatic rings. The van der Waals surface area contributed by atoms with Gasteiger partial charge in [0.15, 0.2) is 0 Å². The number of nitrogens with zero attached hydrogens (tertiary/aromatic N) is 2. The Kier molecular flexibility index (Phi) is 4.51. The van der Waals surface area contributed by atoms with Crippen molar-refractivity contribution in [3.05, 3.63) is 30.1 Å². The zero-order chi connectivity index (χ0) is 12.1. The summed E-state index contributed by atoms with van der Waals surface area (Å²) in [7, 11) is 2.24. The third-order valence-electron chi connectivity index (χ3n) is 3.70. The second-order valence-corrected chi connectivity index (χ2v) is 4.99. The monoisotopic (exact) mass is 233 g/mol. The molecule has 1 N–H and O–H groups in total. The Morgan fingerprint density at radius 2 is 2.12 bits per heavy atom. The highest BCUT2D eigenvalue weighted by atomic mass is 15.1. The van der Waals surface area contributed by atoms with Crippen LogP contribution in [0.1, 0.15) is 31.7 Å². The first-order chi connectivity index (χ1) is 8.29. The predicted molar refractivity (Wildman–Crippen MR) is 70.8 cm³/mol. The highest BCUT2D eigenvalue weighted by Gasteiger charge is 2.26. The summed E-state index contributed by atoms with van der Waals surface area (Å²) in [4.78, 5) is 6.54. The molecule has 2 unspecified atom stereocenters. The number of hydrogen-bond donors (Lipinski definition) is 1. The molecule has 0 spiro atoms. The molecule has 0 bridgehead atoms. The zero-order valence-electron chi connectivity index (χ0n) is 10.9. The third-order valence-corrected chi connectivity index (χ3v) is 3.70. The fraction of sp³-hybridized carbons (Fsp3) is 0.643. The molecular formula is C14H23N3. The Morgan fingerprint density at radius 1 is 1.35 bits per heavy atom. The van der Waals surface area contributed by atoms with E-state index in [0.29, 0.717) is 0 Å². The lowest BCUT2D eigenvalue weighted by molar-refractivity contribution is 0.234. The van der Waals surface area contributed by atoms with Crippen molar-refractivity contribution >= 4 is 0 Å². The highest BCUT2D eigenvalue weighted by molar-refractivity contribution is 5.09. The smallest absolute Gasteiger partial charge is 0.0271 e. The van der Waals surface area contributed by atoms with Crippen LogP contribution in [0.2, 0.25) is 0 Å². The molecule has 0 aromatic carbocycles. The van der Waals surface area contributed by atoms with Gasteiger partial charge in [0, 0.05) is 31.0 Å². The maximum atomic E-state index is 4.06. The molecule has 1 saturated carbocycles. The molecule has 94 valence electrons. The van der Waals surface area contributed by atoms with E-state index >= 15 is 0 Å². The number of rotatable bonds is 5. The van der Waals surface area contributed by atoms with Crippen LogP contribution >= 0.6 is 0 Å². The maximum Gasteiger partial charge on any atom is 0.0271 e. The van der Waals surface area contributed by atoms with Gasteiger partial charge in [0.2, 0.25) is 0 Å². The topological polar surface area (TPSA) is 28.2 Å². The van der Waals surface area contributed by atoms with E-state index in [4.69, 9.17) is 0 Å². The van der Waals surface area contributed by atoms with Crippen molar-refractivity contribution in [3.8, 4) is 0 Å². The van der Waals surface area contributed by atoms with E-state index in [9.17, 15) is 0 Å². The lowest BCUT2D eigenvalue weighted by Gasteiger charge is -2.24. The van der Waals surface area contributed by atoms with Gasteiger partial charge in [-0.2, -0.15) is 0 Å². The molecule has 1 aromatic heterocycles. The molecule has 0 amide bonds. The highest BCUT2D eigenvalue weighted by Crippen LogP contribution is 2.24. The van der Waals surface area contributed by atoms with Crippen LogP contribution < -0.4 is 5.32 Å². The van der Waals surface area contributed by atoms with E-state index in [1.807, 2.05) is 12.4 Å². The van der Waals surface area contributed by atoms with E-state index in [0.717, 1.165) is 25.2 Å². The van der Waals surface area contributed by atoms with E-state index in [1.165, 1.54) is 24.8 Å². The maximum absolute atomic E-state index is 4.06. The van der Waals surface area contributed by atoms with Crippen molar-refractivity contribution in [2.45, 2.75) is 44.8 Å². The molecule has 0 radical (unpaired) electrons. The summed E-state index contributed by atoms with van der Waals surface area (Å²) in [5, 5.41) is 3.56. The fourth-order valence-corrected chi connectivity index (χ4v) is 2.74. The van der Waals surface area contributed by atoms with Crippen LogP contribution in [0, 0.1) is 0 Å². The summed E-state index contributed by atoms with van der Waals surface area (Å²) in [6.45, 7) is 4.31. The average molecular weight is 233 g/mol. The Balaban J connectivity index is 1.83. The van der Waals surface area contributed by atoms with Gasteiger partial charge in [-0.3, -0.25) is 9.88 Å². The van der Waals surface area contributed by atoms with Gasteiger partial charge in [0.25, 0.3) is 0 Å². The van der Waals surface area contributed by atoms with Gasteiger partial charge in [-0.15, -0.1) is 0 Å². The summed E-state index contributed by atoms with van der Waals surface area (Å²) in [6.07, 6.45) is 7.67. The Hall–Kier alpha value is -0.930. The molecule has 1 heterocycles. The quantitative estimate of drug-likeness (QED) is 0.843. The Morgan fingerprint density at radius 3 is 2.82 bits per heavy atom. The Labute approximate surface area is 104 Å². The zero-order valence-corrected chi connectivity index (χ0v) is 10.9. The van der Waals surface area contributed by atoms with Crippen LogP contribution in [-0.4, -0.2) is 35.6 Å². The number of pyridine rings is 1. The molecule has 1 aliphatic rings. The largest absolute Gasteiger partial charge is 0.314 e. The van der Waals surface area contributed by atoms with E-state index in [-0.39, 0.29) is 0 Å². The second-order valence-electron chi connectivity index (χ2n) is 4.99. The molecule has 2 atom stereocenters. The summed E-state index contributed by atoms with van der Waals surface area (Å²) in [5.41, 5.74) is 1.36. The number of hydrogen-bond acceptors (Lipinski definition) is 3. The second kappa shape index (κ2) is 6.12. The fourth-order valence-electron chi connectivity index (χ4n) is 2.74. The molecular weight excluding hydrogens is 210 g/mol. The van der Waals surface area contributed by atoms with Crippen LogP contribution in [0.15, 0.2) is 24.5 Å². The Bertz CT molecular complexity index is 325. The SMILES string of the molecule is CCNC1CCC(N(C)Cc2ccncc2)C1. The van der Waals surface area contributed by atoms with Crippen molar-refractivity contribution in [3.63, 3.8) is 0 Å². The first-order valence-electron chi connectivity index (χ1n) is 6.62. The molecule has 0 aliphatic heterocycles. The molecule has 1 fully saturated rings. The summed E-state index contributed by atoms with van der Waals surface area (Å²) in [6, 6.07) is 5.66. The van der Waals surface area contributed by atoms with Gasteiger partial charge in [-0.25, -0.2) is 0 Å². The van der Waals surface area contributed by atoms with Gasteiger partial charge < -0.3 is 5.32 Å². The normalized spacial score (nSPS) is 24.4. The molecule has 3 heteroatoms. The minimum absolute atomic E-state index is 0.727. The average Bonchev–Trinajstić information content (AvgIpc) is 2.79. The molecule has 17 heavy (non-hydrogen) atoms. The third kappa shape index (κ3) is 3.51. The van der Waals surface area contributed by atoms with Crippen LogP contribution in [0.4, 0.5) is 0 Å². The summed E-state index contributed by atoms with van der Waals surface area (Å²) < 4.78 is 0. The molecule has 3 nitrogen and oxygen atoms in total. The van der Waals surface area contributed by atoms with Crippen molar-refractivity contribution in [1.82, 2.24) is 15.2 Å². The van der Waals surface area contributed by atoms with Crippen LogP contribution in [-0.2, 0) is 6.54 Å². The van der Waals surface area contributed by atoms with E-state index in [2.05, 4.69) is 41.3 Å². The van der Waals surface area contributed by atoms with Gasteiger partial charge >= 0.3 is 0 Å². The van der Waals surface area contributed by atoms with Gasteiger partial charge in [0.05, 0.1) is 0 Å². The van der Waals surface area contributed by atoms with Crippen molar-refractivity contribution in [2.75, 3.05) is 13.6 Å². The predicted octanol–water partition coefficient (Wildman–Crippen LogP) is 2.04. The molecule has 0 saturated heterocycles.